The molecule has 0 atom stereocenters. The fourth-order valence-electron chi connectivity index (χ4n) is 2.76. The molecule has 0 spiro atoms. The average Bonchev–Trinajstić information content (AvgIpc) is 3.06. The van der Waals surface area contributed by atoms with Gasteiger partial charge in [-0.25, -0.2) is 9.97 Å². The molecule has 4 aromatic rings. The summed E-state index contributed by atoms with van der Waals surface area (Å²) in [6.45, 7) is 0. The SMILES string of the molecule is COc1ccc(C(=O)Nc2nc3ccccc3n2-c2ccccc2)cn1. The highest BCUT2D eigenvalue weighted by Crippen LogP contribution is 2.25. The zero-order valence-electron chi connectivity index (χ0n) is 14.1. The molecule has 0 radical (unpaired) electrons. The van der Waals surface area contributed by atoms with Gasteiger partial charge in [0, 0.05) is 18.0 Å². The van der Waals surface area contributed by atoms with Gasteiger partial charge in [-0.2, -0.15) is 0 Å². The van der Waals surface area contributed by atoms with Crippen molar-refractivity contribution in [1.82, 2.24) is 14.5 Å². The Labute approximate surface area is 150 Å². The normalized spacial score (nSPS) is 10.7. The Morgan fingerprint density at radius 1 is 1.00 bits per heavy atom. The maximum absolute atomic E-state index is 12.6. The molecule has 26 heavy (non-hydrogen) atoms. The summed E-state index contributed by atoms with van der Waals surface area (Å²) in [5.41, 5.74) is 3.07. The number of imidazole rings is 1. The lowest BCUT2D eigenvalue weighted by atomic mass is 10.2. The molecular weight excluding hydrogens is 328 g/mol. The number of pyridine rings is 1. The van der Waals surface area contributed by atoms with E-state index in [9.17, 15) is 4.79 Å². The summed E-state index contributed by atoms with van der Waals surface area (Å²) >= 11 is 0. The predicted octanol–water partition coefficient (Wildman–Crippen LogP) is 3.68. The van der Waals surface area contributed by atoms with E-state index in [0.29, 0.717) is 17.4 Å². The lowest BCUT2D eigenvalue weighted by Gasteiger charge is -2.10. The third kappa shape index (κ3) is 2.88. The highest BCUT2D eigenvalue weighted by atomic mass is 16.5. The lowest BCUT2D eigenvalue weighted by Crippen LogP contribution is -2.15. The first-order chi connectivity index (χ1) is 12.8. The molecule has 0 bridgehead atoms. The molecule has 0 aliphatic rings. The fraction of sp³-hybridized carbons (Fsp3) is 0.0500. The van der Waals surface area contributed by atoms with Gasteiger partial charge in [0.05, 0.1) is 23.7 Å². The van der Waals surface area contributed by atoms with Gasteiger partial charge < -0.3 is 4.74 Å². The Balaban J connectivity index is 1.75. The molecule has 4 rings (SSSR count). The molecular formula is C20H16N4O2. The van der Waals surface area contributed by atoms with Crippen LogP contribution in [0.5, 0.6) is 5.88 Å². The van der Waals surface area contributed by atoms with Gasteiger partial charge in [0.1, 0.15) is 0 Å². The number of anilines is 1. The summed E-state index contributed by atoms with van der Waals surface area (Å²) in [6.07, 6.45) is 1.48. The summed E-state index contributed by atoms with van der Waals surface area (Å²) in [7, 11) is 1.53. The van der Waals surface area contributed by atoms with Gasteiger partial charge in [-0.3, -0.25) is 14.7 Å². The fourth-order valence-corrected chi connectivity index (χ4v) is 2.76. The monoisotopic (exact) mass is 344 g/mol. The van der Waals surface area contributed by atoms with Crippen molar-refractivity contribution in [2.75, 3.05) is 12.4 Å². The molecule has 128 valence electrons. The number of hydrogen-bond donors (Lipinski definition) is 1. The van der Waals surface area contributed by atoms with Crippen LogP contribution in [0, 0.1) is 0 Å². The molecule has 0 aliphatic carbocycles. The second-order valence-corrected chi connectivity index (χ2v) is 5.64. The van der Waals surface area contributed by atoms with Gasteiger partial charge in [-0.15, -0.1) is 0 Å². The molecule has 2 heterocycles. The van der Waals surface area contributed by atoms with Crippen LogP contribution in [0.4, 0.5) is 5.95 Å². The van der Waals surface area contributed by atoms with Gasteiger partial charge in [-0.1, -0.05) is 30.3 Å². The van der Waals surface area contributed by atoms with Crippen molar-refractivity contribution in [3.05, 3.63) is 78.5 Å². The molecule has 2 aromatic heterocycles. The number of carbonyl (C=O) groups excluding carboxylic acids is 1. The number of benzene rings is 2. The smallest absolute Gasteiger partial charge is 0.259 e. The Kier molecular flexibility index (Phi) is 4.07. The molecule has 6 nitrogen and oxygen atoms in total. The highest BCUT2D eigenvalue weighted by molar-refractivity contribution is 6.04. The Bertz CT molecular complexity index is 1060. The minimum atomic E-state index is -0.285. The van der Waals surface area contributed by atoms with E-state index < -0.39 is 0 Å². The maximum atomic E-state index is 12.6. The maximum Gasteiger partial charge on any atom is 0.259 e. The second kappa shape index (κ2) is 6.68. The number of nitrogens with zero attached hydrogens (tertiary/aromatic N) is 3. The largest absolute Gasteiger partial charge is 0.481 e. The summed E-state index contributed by atoms with van der Waals surface area (Å²) in [5.74, 6) is 0.629. The van der Waals surface area contributed by atoms with Gasteiger partial charge in [-0.05, 0) is 30.3 Å². The van der Waals surface area contributed by atoms with Crippen LogP contribution in [0.1, 0.15) is 10.4 Å². The van der Waals surface area contributed by atoms with E-state index in [1.807, 2.05) is 59.2 Å². The summed E-state index contributed by atoms with van der Waals surface area (Å²) in [4.78, 5) is 21.3. The standard InChI is InChI=1S/C20H16N4O2/c1-26-18-12-11-14(13-21-18)19(25)23-20-22-16-9-5-6-10-17(16)24(20)15-7-3-2-4-8-15/h2-13H,1H3,(H,22,23,25). The zero-order chi connectivity index (χ0) is 17.9. The Morgan fingerprint density at radius 3 is 2.50 bits per heavy atom. The number of ether oxygens (including phenoxy) is 1. The zero-order valence-corrected chi connectivity index (χ0v) is 14.1. The molecule has 2 aromatic carbocycles. The number of hydrogen-bond acceptors (Lipinski definition) is 4. The third-order valence-electron chi connectivity index (χ3n) is 4.01. The van der Waals surface area contributed by atoms with Gasteiger partial charge in [0.15, 0.2) is 0 Å². The van der Waals surface area contributed by atoms with Crippen molar-refractivity contribution in [3.63, 3.8) is 0 Å². The number of aromatic nitrogens is 3. The van der Waals surface area contributed by atoms with Crippen molar-refractivity contribution in [3.8, 4) is 11.6 Å². The van der Waals surface area contributed by atoms with E-state index in [0.717, 1.165) is 16.7 Å². The number of carbonyl (C=O) groups is 1. The molecule has 0 unspecified atom stereocenters. The topological polar surface area (TPSA) is 69.0 Å². The second-order valence-electron chi connectivity index (χ2n) is 5.64. The summed E-state index contributed by atoms with van der Waals surface area (Å²) in [5, 5.41) is 2.88. The van der Waals surface area contributed by atoms with Crippen molar-refractivity contribution >= 4 is 22.9 Å². The molecule has 0 fully saturated rings. The van der Waals surface area contributed by atoms with Gasteiger partial charge in [0.25, 0.3) is 5.91 Å². The first kappa shape index (κ1) is 15.8. The van der Waals surface area contributed by atoms with Crippen LogP contribution in [0.25, 0.3) is 16.7 Å². The predicted molar refractivity (Wildman–Crippen MR) is 99.8 cm³/mol. The van der Waals surface area contributed by atoms with Crippen LogP contribution in [0.2, 0.25) is 0 Å². The minimum absolute atomic E-state index is 0.285. The number of fused-ring (bicyclic) bond motifs is 1. The van der Waals surface area contributed by atoms with Crippen molar-refractivity contribution in [2.45, 2.75) is 0 Å². The van der Waals surface area contributed by atoms with Crippen molar-refractivity contribution < 1.29 is 9.53 Å². The minimum Gasteiger partial charge on any atom is -0.481 e. The van der Waals surface area contributed by atoms with Crippen LogP contribution in [0.15, 0.2) is 72.9 Å². The van der Waals surface area contributed by atoms with Gasteiger partial charge in [0.2, 0.25) is 11.8 Å². The first-order valence-corrected chi connectivity index (χ1v) is 8.10. The van der Waals surface area contributed by atoms with E-state index in [2.05, 4.69) is 15.3 Å². The van der Waals surface area contributed by atoms with Crippen LogP contribution >= 0.6 is 0 Å². The van der Waals surface area contributed by atoms with E-state index >= 15 is 0 Å². The van der Waals surface area contributed by atoms with Gasteiger partial charge >= 0.3 is 0 Å². The van der Waals surface area contributed by atoms with E-state index in [-0.39, 0.29) is 5.91 Å². The number of para-hydroxylation sites is 3. The summed E-state index contributed by atoms with van der Waals surface area (Å²) in [6, 6.07) is 20.9. The van der Waals surface area contributed by atoms with Crippen molar-refractivity contribution in [1.29, 1.82) is 0 Å². The third-order valence-corrected chi connectivity index (χ3v) is 4.01. The van der Waals surface area contributed by atoms with Crippen LogP contribution < -0.4 is 10.1 Å². The van der Waals surface area contributed by atoms with Crippen molar-refractivity contribution in [2.24, 2.45) is 0 Å². The molecule has 1 N–H and O–H groups in total. The molecule has 0 saturated heterocycles. The van der Waals surface area contributed by atoms with Crippen LogP contribution in [-0.4, -0.2) is 27.6 Å². The van der Waals surface area contributed by atoms with Crippen LogP contribution in [0.3, 0.4) is 0 Å². The molecule has 6 heteroatoms. The summed E-state index contributed by atoms with van der Waals surface area (Å²) < 4.78 is 6.95. The average molecular weight is 344 g/mol. The Hall–Kier alpha value is -3.67. The van der Waals surface area contributed by atoms with E-state index in [4.69, 9.17) is 4.74 Å². The number of methoxy groups -OCH3 is 1. The van der Waals surface area contributed by atoms with E-state index in [1.54, 1.807) is 12.1 Å². The molecule has 1 amide bonds. The first-order valence-electron chi connectivity index (χ1n) is 8.10. The lowest BCUT2D eigenvalue weighted by molar-refractivity contribution is 0.102. The number of amides is 1. The Morgan fingerprint density at radius 2 is 1.77 bits per heavy atom. The quantitative estimate of drug-likeness (QED) is 0.613. The number of rotatable bonds is 4. The van der Waals surface area contributed by atoms with E-state index in [1.165, 1.54) is 13.3 Å². The number of nitrogens with one attached hydrogen (secondary N) is 1. The molecule has 0 saturated carbocycles. The highest BCUT2D eigenvalue weighted by Gasteiger charge is 2.15. The van der Waals surface area contributed by atoms with Crippen LogP contribution in [-0.2, 0) is 0 Å². The molecule has 0 aliphatic heterocycles.